The highest BCUT2D eigenvalue weighted by Crippen LogP contribution is 2.02. The standard InChI is InChI=1S/C9H15N3O4/c1-6-2-12(9(15)11-8(6)10)5-16-7(3-13)4-14/h2,7,13-14H,3-5H2,1H3,(H2,10,11,15). The second-order valence-corrected chi connectivity index (χ2v) is 3.34. The number of aromatic nitrogens is 2. The minimum absolute atomic E-state index is 0.0846. The smallest absolute Gasteiger partial charge is 0.351 e. The second-order valence-electron chi connectivity index (χ2n) is 3.34. The zero-order chi connectivity index (χ0) is 12.1. The predicted octanol–water partition coefficient (Wildman–Crippen LogP) is -1.54. The average Bonchev–Trinajstić information content (AvgIpc) is 2.26. The molecule has 1 aromatic heterocycles. The van der Waals surface area contributed by atoms with Crippen LogP contribution in [0.5, 0.6) is 0 Å². The molecule has 1 aromatic rings. The maximum absolute atomic E-state index is 11.3. The van der Waals surface area contributed by atoms with Gasteiger partial charge in [-0.25, -0.2) is 4.79 Å². The summed E-state index contributed by atoms with van der Waals surface area (Å²) in [5, 5.41) is 17.5. The number of aliphatic hydroxyl groups excluding tert-OH is 2. The molecule has 0 saturated carbocycles. The van der Waals surface area contributed by atoms with Crippen LogP contribution >= 0.6 is 0 Å². The number of ether oxygens (including phenoxy) is 1. The molecule has 16 heavy (non-hydrogen) atoms. The van der Waals surface area contributed by atoms with Crippen LogP contribution in [0.25, 0.3) is 0 Å². The van der Waals surface area contributed by atoms with E-state index in [2.05, 4.69) is 4.98 Å². The highest BCUT2D eigenvalue weighted by atomic mass is 16.5. The summed E-state index contributed by atoms with van der Waals surface area (Å²) in [6.07, 6.45) is 0.806. The summed E-state index contributed by atoms with van der Waals surface area (Å²) in [4.78, 5) is 14.9. The SMILES string of the molecule is Cc1cn(COC(CO)CO)c(=O)nc1N. The first-order valence-corrected chi connectivity index (χ1v) is 4.75. The molecule has 7 heteroatoms. The molecule has 4 N–H and O–H groups in total. The monoisotopic (exact) mass is 229 g/mol. The number of nitrogens with zero attached hydrogens (tertiary/aromatic N) is 2. The van der Waals surface area contributed by atoms with Crippen LogP contribution in [0.3, 0.4) is 0 Å². The molecule has 0 bridgehead atoms. The molecule has 0 unspecified atom stereocenters. The van der Waals surface area contributed by atoms with Crippen molar-refractivity contribution in [1.29, 1.82) is 0 Å². The van der Waals surface area contributed by atoms with E-state index in [4.69, 9.17) is 20.7 Å². The maximum Gasteiger partial charge on any atom is 0.351 e. The van der Waals surface area contributed by atoms with Crippen LogP contribution in [-0.2, 0) is 11.5 Å². The molecule has 90 valence electrons. The summed E-state index contributed by atoms with van der Waals surface area (Å²) in [6, 6.07) is 0. The van der Waals surface area contributed by atoms with Crippen LogP contribution < -0.4 is 11.4 Å². The molecule has 0 saturated heterocycles. The molecular weight excluding hydrogens is 214 g/mol. The first-order chi connectivity index (χ1) is 7.58. The predicted molar refractivity (Wildman–Crippen MR) is 56.7 cm³/mol. The van der Waals surface area contributed by atoms with E-state index < -0.39 is 11.8 Å². The lowest BCUT2D eigenvalue weighted by atomic mass is 10.3. The van der Waals surface area contributed by atoms with Crippen LogP contribution in [-0.4, -0.2) is 39.1 Å². The van der Waals surface area contributed by atoms with Crippen LogP contribution in [0.4, 0.5) is 5.82 Å². The van der Waals surface area contributed by atoms with Crippen LogP contribution in [0.2, 0.25) is 0 Å². The molecule has 0 amide bonds. The van der Waals surface area contributed by atoms with Gasteiger partial charge in [0.1, 0.15) is 18.7 Å². The minimum atomic E-state index is -0.704. The Morgan fingerprint density at radius 1 is 1.56 bits per heavy atom. The molecule has 0 radical (unpaired) electrons. The van der Waals surface area contributed by atoms with Crippen molar-refractivity contribution in [3.8, 4) is 0 Å². The van der Waals surface area contributed by atoms with Gasteiger partial charge in [0.05, 0.1) is 13.2 Å². The van der Waals surface area contributed by atoms with Gasteiger partial charge in [-0.2, -0.15) is 4.98 Å². The Bertz CT molecular complexity index is 400. The van der Waals surface area contributed by atoms with Gasteiger partial charge in [0.2, 0.25) is 0 Å². The Labute approximate surface area is 92.1 Å². The van der Waals surface area contributed by atoms with Gasteiger partial charge in [-0.1, -0.05) is 0 Å². The Hall–Kier alpha value is -1.44. The average molecular weight is 229 g/mol. The van der Waals surface area contributed by atoms with Gasteiger partial charge in [-0.3, -0.25) is 4.57 Å². The Kier molecular flexibility index (Phi) is 4.41. The molecule has 0 fully saturated rings. The Balaban J connectivity index is 2.74. The number of nitrogens with two attached hydrogens (primary N) is 1. The Morgan fingerprint density at radius 3 is 2.75 bits per heavy atom. The Morgan fingerprint density at radius 2 is 2.19 bits per heavy atom. The lowest BCUT2D eigenvalue weighted by Gasteiger charge is -2.13. The molecule has 0 aliphatic rings. The number of nitrogen functional groups attached to an aromatic ring is 1. The zero-order valence-corrected chi connectivity index (χ0v) is 8.96. The highest BCUT2D eigenvalue weighted by Gasteiger charge is 2.07. The van der Waals surface area contributed by atoms with E-state index in [1.165, 1.54) is 10.8 Å². The van der Waals surface area contributed by atoms with Crippen molar-refractivity contribution < 1.29 is 14.9 Å². The van der Waals surface area contributed by atoms with Crippen molar-refractivity contribution in [2.45, 2.75) is 19.8 Å². The molecule has 0 aromatic carbocycles. The summed E-state index contributed by atoms with van der Waals surface area (Å²) in [6.45, 7) is 1.01. The van der Waals surface area contributed by atoms with Crippen molar-refractivity contribution in [1.82, 2.24) is 9.55 Å². The molecule has 1 rings (SSSR count). The fourth-order valence-electron chi connectivity index (χ4n) is 1.05. The van der Waals surface area contributed by atoms with Gasteiger partial charge < -0.3 is 20.7 Å². The number of rotatable bonds is 5. The number of aliphatic hydroxyl groups is 2. The van der Waals surface area contributed by atoms with Crippen molar-refractivity contribution in [3.63, 3.8) is 0 Å². The van der Waals surface area contributed by atoms with E-state index in [0.717, 1.165) is 0 Å². The lowest BCUT2D eigenvalue weighted by Crippen LogP contribution is -2.29. The fraction of sp³-hybridized carbons (Fsp3) is 0.556. The van der Waals surface area contributed by atoms with Crippen molar-refractivity contribution in [3.05, 3.63) is 22.2 Å². The molecule has 1 heterocycles. The third-order valence-corrected chi connectivity index (χ3v) is 2.07. The third-order valence-electron chi connectivity index (χ3n) is 2.07. The fourth-order valence-corrected chi connectivity index (χ4v) is 1.05. The van der Waals surface area contributed by atoms with E-state index >= 15 is 0 Å². The summed E-state index contributed by atoms with van der Waals surface area (Å²) in [5.74, 6) is 0.183. The van der Waals surface area contributed by atoms with E-state index in [1.54, 1.807) is 6.92 Å². The number of hydrogen-bond donors (Lipinski definition) is 3. The van der Waals surface area contributed by atoms with Crippen LogP contribution in [0.1, 0.15) is 5.56 Å². The van der Waals surface area contributed by atoms with Gasteiger partial charge in [0.15, 0.2) is 0 Å². The van der Waals surface area contributed by atoms with Crippen LogP contribution in [0, 0.1) is 6.92 Å². The van der Waals surface area contributed by atoms with Gasteiger partial charge in [0.25, 0.3) is 0 Å². The van der Waals surface area contributed by atoms with Crippen LogP contribution in [0.15, 0.2) is 11.0 Å². The summed E-state index contributed by atoms with van der Waals surface area (Å²) >= 11 is 0. The molecule has 0 aliphatic heterocycles. The largest absolute Gasteiger partial charge is 0.394 e. The first-order valence-electron chi connectivity index (χ1n) is 4.75. The van der Waals surface area contributed by atoms with Gasteiger partial charge in [-0.15, -0.1) is 0 Å². The number of aryl methyl sites for hydroxylation is 1. The van der Waals surface area contributed by atoms with E-state index in [0.29, 0.717) is 5.56 Å². The molecule has 7 nitrogen and oxygen atoms in total. The molecule has 0 atom stereocenters. The molecular formula is C9H15N3O4. The topological polar surface area (TPSA) is 111 Å². The summed E-state index contributed by atoms with van der Waals surface area (Å²) in [5.41, 5.74) is 5.58. The van der Waals surface area contributed by atoms with Crippen molar-refractivity contribution >= 4 is 5.82 Å². The third kappa shape index (κ3) is 3.02. The summed E-state index contributed by atoms with van der Waals surface area (Å²) < 4.78 is 6.30. The quantitative estimate of drug-likeness (QED) is 0.564. The maximum atomic E-state index is 11.3. The van der Waals surface area contributed by atoms with Gasteiger partial charge in [-0.05, 0) is 6.92 Å². The molecule has 0 spiro atoms. The van der Waals surface area contributed by atoms with E-state index in [-0.39, 0.29) is 25.8 Å². The second kappa shape index (κ2) is 5.59. The highest BCUT2D eigenvalue weighted by molar-refractivity contribution is 5.34. The van der Waals surface area contributed by atoms with Gasteiger partial charge >= 0.3 is 5.69 Å². The first kappa shape index (κ1) is 12.6. The van der Waals surface area contributed by atoms with Gasteiger partial charge in [0, 0.05) is 11.8 Å². The number of anilines is 1. The molecule has 0 aliphatic carbocycles. The normalized spacial score (nSPS) is 11.0. The lowest BCUT2D eigenvalue weighted by molar-refractivity contribution is -0.0512. The van der Waals surface area contributed by atoms with E-state index in [9.17, 15) is 4.79 Å². The minimum Gasteiger partial charge on any atom is -0.394 e. The van der Waals surface area contributed by atoms with Crippen molar-refractivity contribution in [2.24, 2.45) is 0 Å². The van der Waals surface area contributed by atoms with E-state index in [1.807, 2.05) is 0 Å². The zero-order valence-electron chi connectivity index (χ0n) is 8.96. The van der Waals surface area contributed by atoms with Crippen molar-refractivity contribution in [2.75, 3.05) is 18.9 Å². The number of hydrogen-bond acceptors (Lipinski definition) is 6. The summed E-state index contributed by atoms with van der Waals surface area (Å²) in [7, 11) is 0.